The van der Waals surface area contributed by atoms with Gasteiger partial charge in [-0.1, -0.05) is 6.58 Å². The van der Waals surface area contributed by atoms with Gasteiger partial charge in [-0.2, -0.15) is 0 Å². The first-order chi connectivity index (χ1) is 5.18. The monoisotopic (exact) mass is 194 g/mol. The predicted octanol–water partition coefficient (Wildman–Crippen LogP) is 1.58. The molecule has 0 heterocycles. The van der Waals surface area contributed by atoms with Crippen LogP contribution in [0.15, 0.2) is 12.2 Å². The molecule has 12 heavy (non-hydrogen) atoms. The molecule has 4 heteroatoms. The van der Waals surface area contributed by atoms with E-state index >= 15 is 0 Å². The average Bonchev–Trinajstić information content (AvgIpc) is 1.82. The number of methoxy groups -OCH3 is 1. The molecule has 0 aliphatic heterocycles. The molecule has 0 bridgehead atoms. The fourth-order valence-corrected chi connectivity index (χ4v) is 0.174. The molecule has 0 rings (SSSR count). The third-order valence-electron chi connectivity index (χ3n) is 0.534. The molecule has 0 fully saturated rings. The summed E-state index contributed by atoms with van der Waals surface area (Å²) < 4.78 is 4.75. The van der Waals surface area contributed by atoms with Crippen molar-refractivity contribution in [3.8, 4) is 0 Å². The minimum absolute atomic E-state index is 0.347. The summed E-state index contributed by atoms with van der Waals surface area (Å²) in [7, 11) is 7.00. The molecular weight excluding hydrogens is 178 g/mol. The normalized spacial score (nSPS) is 9.50. The molecule has 0 aliphatic rings. The molecule has 0 aromatic rings. The molecule has 0 radical (unpaired) electrons. The van der Waals surface area contributed by atoms with E-state index in [1.54, 1.807) is 6.92 Å². The van der Waals surface area contributed by atoms with Crippen molar-refractivity contribution < 1.29 is 13.5 Å². The highest BCUT2D eigenvalue weighted by atomic mass is 35.5. The van der Waals surface area contributed by atoms with Gasteiger partial charge >= 0.3 is 5.97 Å². The van der Waals surface area contributed by atoms with Gasteiger partial charge in [0, 0.05) is 5.57 Å². The molecule has 72 valence electrons. The largest absolute Gasteiger partial charge is 0.466 e. The van der Waals surface area contributed by atoms with E-state index < -0.39 is 0 Å². The summed E-state index contributed by atoms with van der Waals surface area (Å²) >= 11 is 5.47. The third-order valence-corrected chi connectivity index (χ3v) is 0.534. The maximum absolute atomic E-state index is 10.2. The van der Waals surface area contributed by atoms with Crippen LogP contribution in [0.2, 0.25) is 0 Å². The van der Waals surface area contributed by atoms with Crippen molar-refractivity contribution in [3.05, 3.63) is 12.2 Å². The lowest BCUT2D eigenvalue weighted by Gasteiger charge is -2.07. The molecule has 0 N–H and O–H groups in total. The van der Waals surface area contributed by atoms with Gasteiger partial charge in [0.05, 0.1) is 28.3 Å². The van der Waals surface area contributed by atoms with E-state index in [2.05, 4.69) is 11.3 Å². The number of carbonyl (C=O) groups is 1. The van der Waals surface area contributed by atoms with Gasteiger partial charge in [0.25, 0.3) is 0 Å². The number of nitrogens with zero attached hydrogens (tertiary/aromatic N) is 1. The van der Waals surface area contributed by atoms with Gasteiger partial charge in [0.1, 0.15) is 0 Å². The molecule has 0 atom stereocenters. The fraction of sp³-hybridized carbons (Fsp3) is 0.625. The quantitative estimate of drug-likeness (QED) is 0.360. The number of hydrogen-bond acceptors (Lipinski definition) is 2. The summed E-state index contributed by atoms with van der Waals surface area (Å²) in [5.41, 5.74) is 0.433. The van der Waals surface area contributed by atoms with E-state index in [0.717, 1.165) is 0 Å². The Balaban J connectivity index is 0. The number of halogens is 1. The maximum atomic E-state index is 10.2. The summed E-state index contributed by atoms with van der Waals surface area (Å²) in [5, 5.41) is 0. The molecule has 0 aromatic heterocycles. The Labute approximate surface area is 79.3 Å². The molecule has 3 nitrogen and oxygen atoms in total. The Hall–Kier alpha value is -0.540. The van der Waals surface area contributed by atoms with E-state index in [0.29, 0.717) is 9.58 Å². The van der Waals surface area contributed by atoms with Crippen LogP contribution in [0.1, 0.15) is 6.92 Å². The minimum atomic E-state index is -0.347. The molecule has 0 saturated carbocycles. The van der Waals surface area contributed by atoms with Crippen LogP contribution in [0.25, 0.3) is 0 Å². The molecule has 0 spiro atoms. The molecule has 0 unspecified atom stereocenters. The Morgan fingerprint density at radius 1 is 1.42 bits per heavy atom. The lowest BCUT2D eigenvalue weighted by molar-refractivity contribution is -0.747. The van der Waals surface area contributed by atoms with Gasteiger partial charge in [-0.25, -0.2) is 8.80 Å². The van der Waals surface area contributed by atoms with Gasteiger partial charge in [-0.15, -0.1) is 0 Å². The topological polar surface area (TPSA) is 26.3 Å². The van der Waals surface area contributed by atoms with Crippen molar-refractivity contribution in [1.82, 2.24) is 0 Å². The van der Waals surface area contributed by atoms with Crippen molar-refractivity contribution >= 4 is 17.7 Å². The van der Waals surface area contributed by atoms with Crippen LogP contribution in [0.3, 0.4) is 0 Å². The summed E-state index contributed by atoms with van der Waals surface area (Å²) in [6.45, 7) is 4.95. The second-order valence-electron chi connectivity index (χ2n) is 3.12. The van der Waals surface area contributed by atoms with Gasteiger partial charge < -0.3 is 4.74 Å². The Bertz CT molecular complexity index is 155. The zero-order valence-corrected chi connectivity index (χ0v) is 9.10. The predicted molar refractivity (Wildman–Crippen MR) is 50.7 cm³/mol. The number of carbonyl (C=O) groups excluding carboxylic acids is 1. The Kier molecular flexibility index (Phi) is 7.04. The lowest BCUT2D eigenvalue weighted by atomic mass is 10.4. The first kappa shape index (κ1) is 14.0. The van der Waals surface area contributed by atoms with E-state index in [-0.39, 0.29) is 5.97 Å². The molecule has 0 aliphatic carbocycles. The highest BCUT2D eigenvalue weighted by Crippen LogP contribution is 1.91. The average molecular weight is 195 g/mol. The number of ether oxygens (including phenoxy) is 1. The fourth-order valence-electron chi connectivity index (χ4n) is 0.174. The van der Waals surface area contributed by atoms with E-state index in [4.69, 9.17) is 11.8 Å². The standard InChI is InChI=1S/C5H8O2.C3H9ClN/c1-4(2)5(6)7-3;1-5(2,3)4/h1H2,2-3H3;1-3H3/q;+1. The summed E-state index contributed by atoms with van der Waals surface area (Å²) in [6, 6.07) is 0. The lowest BCUT2D eigenvalue weighted by Crippen LogP contribution is -2.19. The summed E-state index contributed by atoms with van der Waals surface area (Å²) in [6.07, 6.45) is 0. The smallest absolute Gasteiger partial charge is 0.332 e. The highest BCUT2D eigenvalue weighted by molar-refractivity contribution is 6.06. The summed E-state index contributed by atoms with van der Waals surface area (Å²) in [4.78, 5) is 10.2. The van der Waals surface area contributed by atoms with Gasteiger partial charge in [-0.3, -0.25) is 0 Å². The second kappa shape index (κ2) is 6.03. The highest BCUT2D eigenvalue weighted by Gasteiger charge is 1.95. The molecule has 0 amide bonds. The number of esters is 1. The Morgan fingerprint density at radius 3 is 1.67 bits per heavy atom. The van der Waals surface area contributed by atoms with Gasteiger partial charge in [0.15, 0.2) is 11.8 Å². The van der Waals surface area contributed by atoms with Crippen LogP contribution < -0.4 is 0 Å². The van der Waals surface area contributed by atoms with Gasteiger partial charge in [0.2, 0.25) is 0 Å². The van der Waals surface area contributed by atoms with Crippen molar-refractivity contribution in [2.45, 2.75) is 6.92 Å². The van der Waals surface area contributed by atoms with E-state index in [9.17, 15) is 4.79 Å². The van der Waals surface area contributed by atoms with Crippen molar-refractivity contribution in [1.29, 1.82) is 0 Å². The first-order valence-corrected chi connectivity index (χ1v) is 3.77. The molecular formula is C8H17ClNO2+. The van der Waals surface area contributed by atoms with E-state index in [1.807, 2.05) is 21.1 Å². The zero-order valence-electron chi connectivity index (χ0n) is 8.35. The SMILES string of the molecule is C=C(C)C(=O)OC.C[N+](C)(C)Cl. The summed E-state index contributed by atoms with van der Waals surface area (Å²) in [5.74, 6) is -0.347. The third kappa shape index (κ3) is 22.7. The van der Waals surface area contributed by atoms with Crippen LogP contribution in [0.5, 0.6) is 0 Å². The zero-order chi connectivity index (χ0) is 10.4. The van der Waals surface area contributed by atoms with Gasteiger partial charge in [-0.05, 0) is 6.92 Å². The van der Waals surface area contributed by atoms with Crippen LogP contribution in [-0.4, -0.2) is 38.2 Å². The van der Waals surface area contributed by atoms with E-state index in [1.165, 1.54) is 7.11 Å². The Morgan fingerprint density at radius 2 is 1.67 bits per heavy atom. The molecule has 0 aromatic carbocycles. The first-order valence-electron chi connectivity index (χ1n) is 3.43. The second-order valence-corrected chi connectivity index (χ2v) is 4.13. The van der Waals surface area contributed by atoms with Crippen molar-refractivity contribution in [2.24, 2.45) is 0 Å². The minimum Gasteiger partial charge on any atom is -0.466 e. The van der Waals surface area contributed by atoms with Crippen LogP contribution in [0, 0.1) is 0 Å². The number of hydrogen-bond donors (Lipinski definition) is 0. The van der Waals surface area contributed by atoms with Crippen LogP contribution in [-0.2, 0) is 9.53 Å². The number of rotatable bonds is 1. The maximum Gasteiger partial charge on any atom is 0.332 e. The number of quaternary nitrogens is 1. The molecule has 0 saturated heterocycles. The van der Waals surface area contributed by atoms with Crippen LogP contribution >= 0.6 is 11.8 Å². The van der Waals surface area contributed by atoms with Crippen molar-refractivity contribution in [2.75, 3.05) is 28.3 Å². The van der Waals surface area contributed by atoms with Crippen molar-refractivity contribution in [3.63, 3.8) is 0 Å². The van der Waals surface area contributed by atoms with Crippen LogP contribution in [0.4, 0.5) is 0 Å².